The minimum absolute atomic E-state index is 0.0945. The number of halogens is 2. The molecule has 1 aliphatic rings. The molecule has 0 aliphatic carbocycles. The van der Waals surface area contributed by atoms with Gasteiger partial charge < -0.3 is 4.74 Å². The summed E-state index contributed by atoms with van der Waals surface area (Å²) in [6.07, 6.45) is -0.944. The molecule has 3 atom stereocenters. The second-order valence-electron chi connectivity index (χ2n) is 8.05. The number of nitrogens with zero attached hydrogens (tertiary/aromatic N) is 1. The quantitative estimate of drug-likeness (QED) is 0.467. The molecule has 1 saturated heterocycles. The number of rotatable bonds is 7. The number of alkyl halides is 1. The Kier molecular flexibility index (Phi) is 7.20. The number of nitrogens with one attached hydrogen (secondary N) is 1. The first kappa shape index (κ1) is 24.8. The van der Waals surface area contributed by atoms with E-state index in [1.807, 2.05) is 0 Å². The average molecular weight is 517 g/mol. The van der Waals surface area contributed by atoms with Crippen LogP contribution in [0.4, 0.5) is 9.18 Å². The molecule has 7 nitrogen and oxygen atoms in total. The second-order valence-corrected chi connectivity index (χ2v) is 10.2. The highest BCUT2D eigenvalue weighted by Crippen LogP contribution is 2.34. The van der Waals surface area contributed by atoms with Gasteiger partial charge in [0.05, 0.1) is 10.3 Å². The number of aryl methyl sites for hydroxylation is 1. The lowest BCUT2D eigenvalue weighted by molar-refractivity contribution is -0.131. The standard InChI is InChI=1S/C25H22ClFN2O5S/c1-16-11-13-18(14-12-16)35(32,33)28-23(22(26)19-9-5-6-10-20(19)27)24(30)29-21(15-34-25(29)31)17-7-3-2-4-8-17/h2-14,21-23,28H,15H2,1H3/t21-,22+,23+/m1/s1. The van der Waals surface area contributed by atoms with Crippen LogP contribution >= 0.6 is 11.6 Å². The Labute approximate surface area is 207 Å². The number of amides is 2. The number of hydrogen-bond donors (Lipinski definition) is 1. The van der Waals surface area contributed by atoms with Crippen LogP contribution in [0.15, 0.2) is 83.8 Å². The van der Waals surface area contributed by atoms with E-state index in [2.05, 4.69) is 4.72 Å². The molecular formula is C25H22ClFN2O5S. The fourth-order valence-electron chi connectivity index (χ4n) is 3.80. The molecule has 1 heterocycles. The fraction of sp³-hybridized carbons (Fsp3) is 0.200. The third-order valence-electron chi connectivity index (χ3n) is 5.67. The molecule has 0 aromatic heterocycles. The molecule has 1 fully saturated rings. The number of sulfonamides is 1. The summed E-state index contributed by atoms with van der Waals surface area (Å²) < 4.78 is 48.3. The highest BCUT2D eigenvalue weighted by atomic mass is 35.5. The number of benzene rings is 3. The van der Waals surface area contributed by atoms with Crippen LogP contribution in [0.1, 0.15) is 28.1 Å². The number of ether oxygens (including phenoxy) is 1. The van der Waals surface area contributed by atoms with E-state index in [4.69, 9.17) is 16.3 Å². The number of carbonyl (C=O) groups is 2. The first-order chi connectivity index (χ1) is 16.7. The number of carbonyl (C=O) groups excluding carboxylic acids is 2. The third kappa shape index (κ3) is 5.22. The Morgan fingerprint density at radius 3 is 2.34 bits per heavy atom. The predicted octanol–water partition coefficient (Wildman–Crippen LogP) is 4.48. The van der Waals surface area contributed by atoms with Gasteiger partial charge in [0, 0.05) is 5.56 Å². The van der Waals surface area contributed by atoms with Gasteiger partial charge in [-0.25, -0.2) is 22.5 Å². The van der Waals surface area contributed by atoms with Crippen molar-refractivity contribution in [3.63, 3.8) is 0 Å². The molecule has 0 unspecified atom stereocenters. The molecule has 0 spiro atoms. The second kappa shape index (κ2) is 10.2. The normalized spacial score (nSPS) is 17.6. The lowest BCUT2D eigenvalue weighted by Crippen LogP contribution is -2.51. The van der Waals surface area contributed by atoms with Crippen molar-refractivity contribution in [3.05, 3.63) is 101 Å². The van der Waals surface area contributed by atoms with Crippen molar-refractivity contribution in [2.24, 2.45) is 0 Å². The summed E-state index contributed by atoms with van der Waals surface area (Å²) >= 11 is 6.54. The molecule has 2 amide bonds. The smallest absolute Gasteiger partial charge is 0.417 e. The van der Waals surface area contributed by atoms with E-state index in [1.165, 1.54) is 30.3 Å². The summed E-state index contributed by atoms with van der Waals surface area (Å²) in [7, 11) is -4.27. The molecule has 0 radical (unpaired) electrons. The minimum Gasteiger partial charge on any atom is -0.446 e. The first-order valence-corrected chi connectivity index (χ1v) is 12.6. The predicted molar refractivity (Wildman–Crippen MR) is 128 cm³/mol. The van der Waals surface area contributed by atoms with Gasteiger partial charge in [-0.3, -0.25) is 4.79 Å². The fourth-order valence-corrected chi connectivity index (χ4v) is 5.43. The van der Waals surface area contributed by atoms with Crippen molar-refractivity contribution in [2.45, 2.75) is 29.3 Å². The van der Waals surface area contributed by atoms with Crippen molar-refractivity contribution in [1.82, 2.24) is 9.62 Å². The molecule has 10 heteroatoms. The molecule has 1 N–H and O–H groups in total. The zero-order valence-electron chi connectivity index (χ0n) is 18.6. The van der Waals surface area contributed by atoms with Gasteiger partial charge in [-0.15, -0.1) is 11.6 Å². The number of hydrogen-bond acceptors (Lipinski definition) is 5. The summed E-state index contributed by atoms with van der Waals surface area (Å²) in [5, 5.41) is -1.46. The summed E-state index contributed by atoms with van der Waals surface area (Å²) in [5.74, 6) is -1.68. The highest BCUT2D eigenvalue weighted by Gasteiger charge is 2.45. The van der Waals surface area contributed by atoms with Crippen molar-refractivity contribution in [3.8, 4) is 0 Å². The molecular weight excluding hydrogens is 495 g/mol. The van der Waals surface area contributed by atoms with Gasteiger partial charge in [0.25, 0.3) is 5.91 Å². The monoisotopic (exact) mass is 516 g/mol. The average Bonchev–Trinajstić information content (AvgIpc) is 3.24. The van der Waals surface area contributed by atoms with Crippen molar-refractivity contribution in [2.75, 3.05) is 6.61 Å². The van der Waals surface area contributed by atoms with E-state index >= 15 is 0 Å². The Balaban J connectivity index is 1.74. The summed E-state index contributed by atoms with van der Waals surface area (Å²) in [5.41, 5.74) is 1.36. The molecule has 0 bridgehead atoms. The maximum Gasteiger partial charge on any atom is 0.417 e. The molecule has 1 aliphatic heterocycles. The minimum atomic E-state index is -4.27. The molecule has 35 heavy (non-hydrogen) atoms. The third-order valence-corrected chi connectivity index (χ3v) is 7.61. The Morgan fingerprint density at radius 1 is 1.06 bits per heavy atom. The van der Waals surface area contributed by atoms with Crippen LogP contribution in [0, 0.1) is 12.7 Å². The van der Waals surface area contributed by atoms with E-state index < -0.39 is 45.3 Å². The van der Waals surface area contributed by atoms with Crippen LogP contribution in [-0.2, 0) is 19.6 Å². The van der Waals surface area contributed by atoms with Gasteiger partial charge in [-0.2, -0.15) is 4.72 Å². The summed E-state index contributed by atoms with van der Waals surface area (Å²) in [4.78, 5) is 27.0. The largest absolute Gasteiger partial charge is 0.446 e. The van der Waals surface area contributed by atoms with Crippen LogP contribution in [0.3, 0.4) is 0 Å². The van der Waals surface area contributed by atoms with Gasteiger partial charge in [0.2, 0.25) is 10.0 Å². The van der Waals surface area contributed by atoms with E-state index in [-0.39, 0.29) is 17.1 Å². The highest BCUT2D eigenvalue weighted by molar-refractivity contribution is 7.89. The van der Waals surface area contributed by atoms with Gasteiger partial charge in [0.15, 0.2) is 0 Å². The van der Waals surface area contributed by atoms with E-state index in [0.717, 1.165) is 16.5 Å². The SMILES string of the molecule is Cc1ccc(S(=O)(=O)N[C@H](C(=O)N2C(=O)OC[C@@H]2c2ccccc2)[C@@H](Cl)c2ccccc2F)cc1. The topological polar surface area (TPSA) is 92.8 Å². The summed E-state index contributed by atoms with van der Waals surface area (Å²) in [6, 6.07) is 17.6. The van der Waals surface area contributed by atoms with Gasteiger partial charge in [-0.05, 0) is 30.7 Å². The number of cyclic esters (lactones) is 1. The Hall–Kier alpha value is -3.27. The molecule has 3 aromatic carbocycles. The summed E-state index contributed by atoms with van der Waals surface area (Å²) in [6.45, 7) is 1.69. The van der Waals surface area contributed by atoms with Crippen molar-refractivity contribution in [1.29, 1.82) is 0 Å². The zero-order chi connectivity index (χ0) is 25.2. The maximum atomic E-state index is 14.6. The van der Waals surface area contributed by atoms with Crippen LogP contribution in [0.2, 0.25) is 0 Å². The van der Waals surface area contributed by atoms with Crippen LogP contribution in [-0.4, -0.2) is 38.0 Å². The van der Waals surface area contributed by atoms with Crippen LogP contribution < -0.4 is 4.72 Å². The van der Waals surface area contributed by atoms with E-state index in [0.29, 0.717) is 5.56 Å². The molecule has 0 saturated carbocycles. The zero-order valence-corrected chi connectivity index (χ0v) is 20.2. The van der Waals surface area contributed by atoms with Gasteiger partial charge in [0.1, 0.15) is 24.5 Å². The van der Waals surface area contributed by atoms with Crippen LogP contribution in [0.5, 0.6) is 0 Å². The first-order valence-electron chi connectivity index (χ1n) is 10.7. The van der Waals surface area contributed by atoms with Gasteiger partial charge in [-0.1, -0.05) is 66.2 Å². The molecule has 3 aromatic rings. The van der Waals surface area contributed by atoms with Gasteiger partial charge >= 0.3 is 6.09 Å². The Morgan fingerprint density at radius 2 is 1.69 bits per heavy atom. The lowest BCUT2D eigenvalue weighted by Gasteiger charge is -2.28. The van der Waals surface area contributed by atoms with E-state index in [9.17, 15) is 22.4 Å². The van der Waals surface area contributed by atoms with E-state index in [1.54, 1.807) is 49.4 Å². The molecule has 4 rings (SSSR count). The maximum absolute atomic E-state index is 14.6. The molecule has 182 valence electrons. The van der Waals surface area contributed by atoms with Crippen molar-refractivity contribution < 1.29 is 27.1 Å². The van der Waals surface area contributed by atoms with Crippen LogP contribution in [0.25, 0.3) is 0 Å². The lowest BCUT2D eigenvalue weighted by atomic mass is 10.0. The Bertz CT molecular complexity index is 1340. The van der Waals surface area contributed by atoms with Crippen molar-refractivity contribution >= 4 is 33.6 Å². The number of imide groups is 1.